The lowest BCUT2D eigenvalue weighted by Crippen LogP contribution is -2.27. The maximum atomic E-state index is 9.67. The second-order valence-corrected chi connectivity index (χ2v) is 12.6. The number of benzene rings is 5. The quantitative estimate of drug-likeness (QED) is 0.217. The van der Waals surface area contributed by atoms with Gasteiger partial charge in [-0.25, -0.2) is 0 Å². The van der Waals surface area contributed by atoms with E-state index in [-0.39, 0.29) is 6.17 Å². The molecule has 224 valence electrons. The summed E-state index contributed by atoms with van der Waals surface area (Å²) in [6, 6.07) is 42.7. The van der Waals surface area contributed by atoms with E-state index in [0.717, 1.165) is 72.2 Å². The minimum absolute atomic E-state index is 0.304. The number of nitriles is 1. The molecule has 2 atom stereocenters. The molecule has 9 rings (SSSR count). The smallest absolute Gasteiger partial charge is 0.145 e. The average molecular weight is 607 g/mol. The summed E-state index contributed by atoms with van der Waals surface area (Å²) >= 11 is 0. The van der Waals surface area contributed by atoms with Crippen LogP contribution in [0.15, 0.2) is 160 Å². The maximum Gasteiger partial charge on any atom is 0.145 e. The number of fused-ring (bicyclic) bond motifs is 6. The van der Waals surface area contributed by atoms with Crippen molar-refractivity contribution in [2.45, 2.75) is 19.5 Å². The van der Waals surface area contributed by atoms with Crippen LogP contribution in [-0.4, -0.2) is 10.3 Å². The highest BCUT2D eigenvalue weighted by Gasteiger charge is 2.26. The molecule has 0 bridgehead atoms. The molecule has 3 heterocycles. The largest absolute Gasteiger partial charge is 0.456 e. The van der Waals surface area contributed by atoms with Crippen molar-refractivity contribution in [3.63, 3.8) is 0 Å². The zero-order valence-corrected chi connectivity index (χ0v) is 25.8. The molecular formula is C42H30N4O. The second-order valence-electron chi connectivity index (χ2n) is 12.6. The number of aliphatic imine (C=N–C) groups is 1. The first kappa shape index (κ1) is 27.2. The first-order valence-corrected chi connectivity index (χ1v) is 15.9. The van der Waals surface area contributed by atoms with Gasteiger partial charge >= 0.3 is 0 Å². The Morgan fingerprint density at radius 2 is 1.62 bits per heavy atom. The topological polar surface area (TPSA) is 66.2 Å². The molecule has 5 nitrogen and oxygen atoms in total. The molecule has 5 aromatic carbocycles. The predicted octanol–water partition coefficient (Wildman–Crippen LogP) is 10.1. The first-order valence-electron chi connectivity index (χ1n) is 15.9. The van der Waals surface area contributed by atoms with Gasteiger partial charge in [-0.2, -0.15) is 5.26 Å². The summed E-state index contributed by atoms with van der Waals surface area (Å²) < 4.78 is 8.64. The molecule has 0 fully saturated rings. The van der Waals surface area contributed by atoms with Gasteiger partial charge < -0.3 is 14.3 Å². The SMILES string of the molecule is CC1(C#N)C=CC(C2=CC(c3ccccc3)=NC(c3cccc(-n4c5ccccc5c5cc6oc7ccccc7c6cc54)c3)N2)=CC1. The number of nitrogens with one attached hydrogen (secondary N) is 1. The third kappa shape index (κ3) is 4.49. The summed E-state index contributed by atoms with van der Waals surface area (Å²) in [6.45, 7) is 1.97. The van der Waals surface area contributed by atoms with E-state index >= 15 is 0 Å². The second kappa shape index (κ2) is 10.5. The number of furan rings is 1. The Morgan fingerprint density at radius 1 is 0.809 bits per heavy atom. The predicted molar refractivity (Wildman–Crippen MR) is 191 cm³/mol. The molecule has 7 aromatic rings. The number of aromatic nitrogens is 1. The lowest BCUT2D eigenvalue weighted by atomic mass is 9.82. The van der Waals surface area contributed by atoms with Crippen molar-refractivity contribution in [1.82, 2.24) is 9.88 Å². The Morgan fingerprint density at radius 3 is 2.45 bits per heavy atom. The van der Waals surface area contributed by atoms with Gasteiger partial charge in [-0.3, -0.25) is 4.99 Å². The summed E-state index contributed by atoms with van der Waals surface area (Å²) in [5.74, 6) is 0. The van der Waals surface area contributed by atoms with Crippen LogP contribution in [0.3, 0.4) is 0 Å². The zero-order chi connectivity index (χ0) is 31.5. The van der Waals surface area contributed by atoms with Crippen LogP contribution >= 0.6 is 0 Å². The fourth-order valence-electron chi connectivity index (χ4n) is 6.94. The van der Waals surface area contributed by atoms with Crippen molar-refractivity contribution in [3.05, 3.63) is 162 Å². The third-order valence-electron chi connectivity index (χ3n) is 9.47. The number of allylic oxidation sites excluding steroid dienone is 4. The molecule has 2 aromatic heterocycles. The number of hydrogen-bond donors (Lipinski definition) is 1. The van der Waals surface area contributed by atoms with Crippen molar-refractivity contribution in [3.8, 4) is 11.8 Å². The Balaban J connectivity index is 1.19. The highest BCUT2D eigenvalue weighted by molar-refractivity contribution is 6.17. The van der Waals surface area contributed by atoms with Gasteiger partial charge in [0.15, 0.2) is 0 Å². The molecule has 0 saturated heterocycles. The van der Waals surface area contributed by atoms with Crippen molar-refractivity contribution in [1.29, 1.82) is 5.26 Å². The number of para-hydroxylation sites is 2. The molecular weight excluding hydrogens is 576 g/mol. The average Bonchev–Trinajstić information content (AvgIpc) is 3.66. The Kier molecular flexibility index (Phi) is 6.06. The van der Waals surface area contributed by atoms with E-state index in [1.807, 2.05) is 43.3 Å². The molecule has 1 N–H and O–H groups in total. The van der Waals surface area contributed by atoms with Crippen molar-refractivity contribution in [2.24, 2.45) is 10.4 Å². The van der Waals surface area contributed by atoms with Crippen LogP contribution in [0.1, 0.15) is 30.6 Å². The standard InChI is InChI=1S/C42H30N4O/c1-42(26-43)20-18-28(19-21-42)36-25-35(27-10-3-2-4-11-27)44-41(45-36)29-12-9-13-30(22-29)46-37-16-7-5-14-31(37)33-24-40-34(23-38(33)46)32-15-6-8-17-39(32)47-40/h2-20,22-25,41,45H,21H2,1H3. The molecule has 2 unspecified atom stereocenters. The summed E-state index contributed by atoms with van der Waals surface area (Å²) in [6.07, 6.45) is 8.71. The highest BCUT2D eigenvalue weighted by Crippen LogP contribution is 2.39. The van der Waals surface area contributed by atoms with Crippen LogP contribution in [0.5, 0.6) is 0 Å². The summed E-state index contributed by atoms with van der Waals surface area (Å²) in [5, 5.41) is 17.9. The molecule has 0 amide bonds. The van der Waals surface area contributed by atoms with E-state index in [9.17, 15) is 5.26 Å². The van der Waals surface area contributed by atoms with Crippen LogP contribution in [0.2, 0.25) is 0 Å². The van der Waals surface area contributed by atoms with Gasteiger partial charge in [-0.1, -0.05) is 97.1 Å². The summed E-state index contributed by atoms with van der Waals surface area (Å²) in [7, 11) is 0. The van der Waals surface area contributed by atoms with Gasteiger partial charge in [-0.05, 0) is 72.5 Å². The van der Waals surface area contributed by atoms with Crippen LogP contribution in [0.25, 0.3) is 49.4 Å². The Labute approximate surface area is 272 Å². The zero-order valence-electron chi connectivity index (χ0n) is 25.8. The molecule has 0 spiro atoms. The molecule has 1 aliphatic heterocycles. The lowest BCUT2D eigenvalue weighted by Gasteiger charge is -2.28. The number of hydrogen-bond acceptors (Lipinski definition) is 4. The Hall–Kier alpha value is -6.12. The normalized spacial score (nSPS) is 19.4. The first-order chi connectivity index (χ1) is 23.1. The van der Waals surface area contributed by atoms with Gasteiger partial charge in [0.05, 0.1) is 28.2 Å². The highest BCUT2D eigenvalue weighted by atomic mass is 16.3. The number of nitrogens with zero attached hydrogens (tertiary/aromatic N) is 3. The minimum atomic E-state index is -0.487. The van der Waals surface area contributed by atoms with Crippen LogP contribution in [0, 0.1) is 16.7 Å². The third-order valence-corrected chi connectivity index (χ3v) is 9.47. The summed E-state index contributed by atoms with van der Waals surface area (Å²) in [5.41, 5.74) is 9.75. The number of rotatable bonds is 4. The van der Waals surface area contributed by atoms with Crippen molar-refractivity contribution >= 4 is 49.5 Å². The van der Waals surface area contributed by atoms with Crippen molar-refractivity contribution < 1.29 is 4.42 Å². The summed E-state index contributed by atoms with van der Waals surface area (Å²) in [4.78, 5) is 5.23. The molecule has 1 aliphatic carbocycles. The molecule has 0 saturated carbocycles. The Bertz CT molecular complexity index is 2550. The van der Waals surface area contributed by atoms with Gasteiger partial charge in [-0.15, -0.1) is 0 Å². The molecule has 5 heteroatoms. The van der Waals surface area contributed by atoms with E-state index < -0.39 is 5.41 Å². The van der Waals surface area contributed by atoms with Gasteiger partial charge in [0.25, 0.3) is 0 Å². The molecule has 0 radical (unpaired) electrons. The van der Waals surface area contributed by atoms with Crippen LogP contribution in [0.4, 0.5) is 0 Å². The van der Waals surface area contributed by atoms with Gasteiger partial charge in [0, 0.05) is 32.9 Å². The van der Waals surface area contributed by atoms with Gasteiger partial charge in [0.1, 0.15) is 17.3 Å². The van der Waals surface area contributed by atoms with E-state index in [2.05, 4.69) is 119 Å². The van der Waals surface area contributed by atoms with Gasteiger partial charge in [0.2, 0.25) is 0 Å². The van der Waals surface area contributed by atoms with Crippen LogP contribution < -0.4 is 5.32 Å². The van der Waals surface area contributed by atoms with Crippen molar-refractivity contribution in [2.75, 3.05) is 0 Å². The van der Waals surface area contributed by atoms with E-state index in [4.69, 9.17) is 9.41 Å². The molecule has 47 heavy (non-hydrogen) atoms. The van der Waals surface area contributed by atoms with E-state index in [1.54, 1.807) is 0 Å². The molecule has 2 aliphatic rings. The fourth-order valence-corrected chi connectivity index (χ4v) is 6.94. The monoisotopic (exact) mass is 606 g/mol. The maximum absolute atomic E-state index is 9.67. The minimum Gasteiger partial charge on any atom is -0.456 e. The van der Waals surface area contributed by atoms with Crippen LogP contribution in [-0.2, 0) is 0 Å². The lowest BCUT2D eigenvalue weighted by molar-refractivity contribution is 0.566. The van der Waals surface area contributed by atoms with E-state index in [1.165, 1.54) is 5.39 Å². The fraction of sp³-hybridized carbons (Fsp3) is 0.0952. The van der Waals surface area contributed by atoms with E-state index in [0.29, 0.717) is 6.42 Å².